The van der Waals surface area contributed by atoms with Crippen molar-refractivity contribution in [1.82, 2.24) is 14.7 Å². The van der Waals surface area contributed by atoms with Crippen LogP contribution < -0.4 is 0 Å². The molecule has 0 saturated carbocycles. The van der Waals surface area contributed by atoms with E-state index in [1.165, 1.54) is 10.5 Å². The van der Waals surface area contributed by atoms with E-state index in [0.29, 0.717) is 19.7 Å². The van der Waals surface area contributed by atoms with Crippen LogP contribution in [0.4, 0.5) is 4.79 Å². The minimum absolute atomic E-state index is 0.00512. The average molecular weight is 495 g/mol. The molecular weight excluding hydrogens is 456 g/mol. The minimum atomic E-state index is -1.02. The lowest BCUT2D eigenvalue weighted by Crippen LogP contribution is -2.51. The maximum absolute atomic E-state index is 12.6. The summed E-state index contributed by atoms with van der Waals surface area (Å²) < 4.78 is 11.3. The molecule has 0 spiro atoms. The lowest BCUT2D eigenvalue weighted by Gasteiger charge is -2.35. The first-order valence-corrected chi connectivity index (χ1v) is 12.5. The molecule has 1 aromatic rings. The summed E-state index contributed by atoms with van der Waals surface area (Å²) in [6.45, 7) is 9.49. The molecule has 8 nitrogen and oxygen atoms in total. The van der Waals surface area contributed by atoms with Crippen LogP contribution in [0.1, 0.15) is 38.7 Å². The van der Waals surface area contributed by atoms with Crippen molar-refractivity contribution in [2.45, 2.75) is 44.3 Å². The van der Waals surface area contributed by atoms with Crippen molar-refractivity contribution in [3.8, 4) is 6.07 Å². The van der Waals surface area contributed by atoms with Crippen molar-refractivity contribution in [3.05, 3.63) is 60.2 Å². The van der Waals surface area contributed by atoms with Gasteiger partial charge in [-0.15, -0.1) is 0 Å². The molecular formula is C28H38N4O4. The fourth-order valence-electron chi connectivity index (χ4n) is 4.17. The first-order valence-electron chi connectivity index (χ1n) is 12.5. The van der Waals surface area contributed by atoms with Crippen molar-refractivity contribution in [2.24, 2.45) is 0 Å². The highest BCUT2D eigenvalue weighted by atomic mass is 16.6. The van der Waals surface area contributed by atoms with Crippen LogP contribution in [0.3, 0.4) is 0 Å². The number of likely N-dealkylation sites (N-methyl/N-ethyl adjacent to an activating group) is 1. The molecule has 0 bridgehead atoms. The van der Waals surface area contributed by atoms with E-state index in [1.807, 2.05) is 42.5 Å². The van der Waals surface area contributed by atoms with Gasteiger partial charge in [0.1, 0.15) is 18.2 Å². The number of piperazine rings is 1. The molecule has 8 heteroatoms. The van der Waals surface area contributed by atoms with E-state index < -0.39 is 17.3 Å². The van der Waals surface area contributed by atoms with Gasteiger partial charge in [-0.1, -0.05) is 42.5 Å². The van der Waals surface area contributed by atoms with E-state index in [4.69, 9.17) is 9.47 Å². The highest BCUT2D eigenvalue weighted by molar-refractivity contribution is 5.82. The number of carbonyl (C=O) groups excluding carboxylic acids is 2. The van der Waals surface area contributed by atoms with Crippen molar-refractivity contribution >= 4 is 12.0 Å². The number of allylic oxidation sites excluding steroid dienone is 2. The molecule has 1 aliphatic carbocycles. The minimum Gasteiger partial charge on any atom is -0.444 e. The van der Waals surface area contributed by atoms with Gasteiger partial charge in [0.15, 0.2) is 5.60 Å². The first-order chi connectivity index (χ1) is 17.1. The summed E-state index contributed by atoms with van der Waals surface area (Å²) in [5.41, 5.74) is -0.424. The average Bonchev–Trinajstić information content (AvgIpc) is 2.87. The molecule has 0 radical (unpaired) electrons. The number of hydrogen-bond acceptors (Lipinski definition) is 6. The Morgan fingerprint density at radius 3 is 2.33 bits per heavy atom. The molecule has 2 amide bonds. The number of rotatable bonds is 8. The van der Waals surface area contributed by atoms with Crippen LogP contribution >= 0.6 is 0 Å². The van der Waals surface area contributed by atoms with Gasteiger partial charge in [-0.2, -0.15) is 5.26 Å². The van der Waals surface area contributed by atoms with Gasteiger partial charge >= 0.3 is 6.09 Å². The van der Waals surface area contributed by atoms with Crippen molar-refractivity contribution in [1.29, 1.82) is 5.26 Å². The van der Waals surface area contributed by atoms with E-state index >= 15 is 0 Å². The zero-order valence-electron chi connectivity index (χ0n) is 21.9. The van der Waals surface area contributed by atoms with Gasteiger partial charge in [-0.3, -0.25) is 9.69 Å². The molecule has 36 heavy (non-hydrogen) atoms. The Kier molecular flexibility index (Phi) is 9.30. The highest BCUT2D eigenvalue weighted by Crippen LogP contribution is 2.28. The van der Waals surface area contributed by atoms with E-state index in [9.17, 15) is 14.9 Å². The molecule has 1 fully saturated rings. The fraction of sp³-hybridized carbons (Fsp3) is 0.536. The Morgan fingerprint density at radius 1 is 1.11 bits per heavy atom. The Balaban J connectivity index is 1.35. The number of amides is 2. The lowest BCUT2D eigenvalue weighted by molar-refractivity contribution is -0.133. The Bertz CT molecular complexity index is 971. The number of nitriles is 1. The third-order valence-electron chi connectivity index (χ3n) is 6.22. The lowest BCUT2D eigenvalue weighted by atomic mass is 9.89. The van der Waals surface area contributed by atoms with Gasteiger partial charge in [0.25, 0.3) is 0 Å². The van der Waals surface area contributed by atoms with Gasteiger partial charge in [0.05, 0.1) is 6.61 Å². The van der Waals surface area contributed by atoms with Crippen LogP contribution in [-0.4, -0.2) is 90.8 Å². The third kappa shape index (κ3) is 7.94. The first kappa shape index (κ1) is 27.4. The van der Waals surface area contributed by atoms with Crippen molar-refractivity contribution < 1.29 is 19.1 Å². The Hall–Kier alpha value is -3.15. The number of benzene rings is 1. The summed E-state index contributed by atoms with van der Waals surface area (Å²) in [6.07, 6.45) is 8.04. The quantitative estimate of drug-likeness (QED) is 0.406. The largest absolute Gasteiger partial charge is 0.444 e. The summed E-state index contributed by atoms with van der Waals surface area (Å²) in [7, 11) is 1.58. The van der Waals surface area contributed by atoms with Gasteiger partial charge in [0, 0.05) is 45.7 Å². The number of ether oxygens (including phenoxy) is 2. The number of carbonyl (C=O) groups is 2. The molecule has 2 aliphatic rings. The summed E-state index contributed by atoms with van der Waals surface area (Å²) in [5, 5.41) is 9.72. The van der Waals surface area contributed by atoms with E-state index in [2.05, 4.69) is 23.1 Å². The van der Waals surface area contributed by atoms with E-state index in [1.54, 1.807) is 32.7 Å². The van der Waals surface area contributed by atoms with Crippen LogP contribution in [0.2, 0.25) is 0 Å². The second kappa shape index (κ2) is 12.2. The second-order valence-corrected chi connectivity index (χ2v) is 10.3. The standard InChI is InChI=1S/C28H38N4O4/c1-27(2,3)36-26(34)30(4)21-25(33)32-18-16-31(17-19-32)15-8-20-35-28(22-29)13-11-24(12-14-28)23-9-6-5-7-10-23/h5-7,9-14,24H,8,15-21H2,1-4H3. The highest BCUT2D eigenvalue weighted by Gasteiger charge is 2.29. The molecule has 194 valence electrons. The molecule has 1 aliphatic heterocycles. The molecule has 1 saturated heterocycles. The summed E-state index contributed by atoms with van der Waals surface area (Å²) in [5.74, 6) is 0.0752. The van der Waals surface area contributed by atoms with Crippen LogP contribution in [0.5, 0.6) is 0 Å². The molecule has 3 rings (SSSR count). The normalized spacial score (nSPS) is 22.2. The van der Waals surface area contributed by atoms with Gasteiger partial charge in [-0.25, -0.2) is 4.79 Å². The van der Waals surface area contributed by atoms with Crippen molar-refractivity contribution in [3.63, 3.8) is 0 Å². The SMILES string of the molecule is CN(CC(=O)N1CCN(CCCOC2(C#N)C=CC(c3ccccc3)C=C2)CC1)C(=O)OC(C)(C)C. The number of nitrogens with zero attached hydrogens (tertiary/aromatic N) is 4. The smallest absolute Gasteiger partial charge is 0.410 e. The maximum Gasteiger partial charge on any atom is 0.410 e. The zero-order chi connectivity index (χ0) is 26.2. The van der Waals surface area contributed by atoms with Crippen LogP contribution in [0.15, 0.2) is 54.6 Å². The topological polar surface area (TPSA) is 86.1 Å². The molecule has 0 unspecified atom stereocenters. The van der Waals surface area contributed by atoms with Crippen LogP contribution in [-0.2, 0) is 14.3 Å². The predicted molar refractivity (Wildman–Crippen MR) is 138 cm³/mol. The van der Waals surface area contributed by atoms with Crippen molar-refractivity contribution in [2.75, 3.05) is 52.9 Å². The molecule has 0 N–H and O–H groups in total. The van der Waals surface area contributed by atoms with Gasteiger partial charge in [0.2, 0.25) is 5.91 Å². The third-order valence-corrected chi connectivity index (χ3v) is 6.22. The maximum atomic E-state index is 12.6. The molecule has 0 aromatic heterocycles. The Morgan fingerprint density at radius 2 is 1.75 bits per heavy atom. The molecule has 1 heterocycles. The van der Waals surface area contributed by atoms with Crippen LogP contribution in [0.25, 0.3) is 0 Å². The second-order valence-electron chi connectivity index (χ2n) is 10.3. The summed E-state index contributed by atoms with van der Waals surface area (Å²) in [4.78, 5) is 30.1. The van der Waals surface area contributed by atoms with E-state index in [-0.39, 0.29) is 18.4 Å². The van der Waals surface area contributed by atoms with Gasteiger partial charge < -0.3 is 19.3 Å². The monoisotopic (exact) mass is 494 g/mol. The molecule has 1 aromatic carbocycles. The Labute approximate surface area is 214 Å². The number of hydrogen-bond donors (Lipinski definition) is 0. The van der Waals surface area contributed by atoms with Gasteiger partial charge in [-0.05, 0) is 44.9 Å². The predicted octanol–water partition coefficient (Wildman–Crippen LogP) is 3.58. The van der Waals surface area contributed by atoms with Crippen LogP contribution in [0, 0.1) is 11.3 Å². The van der Waals surface area contributed by atoms with E-state index in [0.717, 1.165) is 26.1 Å². The summed E-state index contributed by atoms with van der Waals surface area (Å²) in [6, 6.07) is 12.5. The molecule has 0 atom stereocenters. The zero-order valence-corrected chi connectivity index (χ0v) is 21.9. The summed E-state index contributed by atoms with van der Waals surface area (Å²) >= 11 is 0. The fourth-order valence-corrected chi connectivity index (χ4v) is 4.17.